The van der Waals surface area contributed by atoms with Crippen molar-refractivity contribution in [2.75, 3.05) is 32.8 Å². The second-order valence-electron chi connectivity index (χ2n) is 5.10. The van der Waals surface area contributed by atoms with E-state index in [1.807, 2.05) is 0 Å². The number of likely N-dealkylation sites (tertiary alicyclic amines) is 1. The fraction of sp³-hybridized carbons (Fsp3) is 1.00. The fourth-order valence-electron chi connectivity index (χ4n) is 2.43. The molecule has 1 aliphatic rings. The topological polar surface area (TPSA) is 35.5 Å². The molecule has 0 radical (unpaired) electrons. The van der Waals surface area contributed by atoms with E-state index in [9.17, 15) is 5.11 Å². The molecule has 1 aliphatic heterocycles. The van der Waals surface area contributed by atoms with Crippen molar-refractivity contribution >= 4 is 0 Å². The van der Waals surface area contributed by atoms with Crippen molar-refractivity contribution in [3.8, 4) is 0 Å². The van der Waals surface area contributed by atoms with Crippen LogP contribution in [0.4, 0.5) is 0 Å². The number of nitrogens with zero attached hydrogens (tertiary/aromatic N) is 1. The van der Waals surface area contributed by atoms with Crippen LogP contribution in [-0.2, 0) is 0 Å². The van der Waals surface area contributed by atoms with Crippen molar-refractivity contribution in [2.24, 2.45) is 5.92 Å². The van der Waals surface area contributed by atoms with Crippen molar-refractivity contribution < 1.29 is 5.11 Å². The number of nitrogens with one attached hydrogen (secondary N) is 1. The summed E-state index contributed by atoms with van der Waals surface area (Å²) in [4.78, 5) is 2.56. The van der Waals surface area contributed by atoms with E-state index in [1.54, 1.807) is 0 Å². The van der Waals surface area contributed by atoms with Gasteiger partial charge in [-0.2, -0.15) is 0 Å². The van der Waals surface area contributed by atoms with Gasteiger partial charge in [0.1, 0.15) is 0 Å². The Morgan fingerprint density at radius 3 is 2.88 bits per heavy atom. The van der Waals surface area contributed by atoms with Gasteiger partial charge in [-0.05, 0) is 57.8 Å². The zero-order chi connectivity index (χ0) is 11.8. The lowest BCUT2D eigenvalue weighted by molar-refractivity contribution is 0.208. The predicted octanol–water partition coefficient (Wildman–Crippen LogP) is 1.47. The molecule has 0 aromatic carbocycles. The third kappa shape index (κ3) is 5.28. The molecule has 2 N–H and O–H groups in total. The van der Waals surface area contributed by atoms with Crippen LogP contribution in [0.25, 0.3) is 0 Å². The Bertz CT molecular complexity index is 175. The van der Waals surface area contributed by atoms with E-state index in [4.69, 9.17) is 0 Å². The zero-order valence-corrected chi connectivity index (χ0v) is 10.9. The number of likely N-dealkylation sites (N-methyl/N-ethyl adjacent to an activating group) is 1. The summed E-state index contributed by atoms with van der Waals surface area (Å²) in [5.41, 5.74) is 0. The molecule has 0 bridgehead atoms. The molecule has 1 fully saturated rings. The molecule has 0 spiro atoms. The normalized spacial score (nSPS) is 25.3. The third-order valence-corrected chi connectivity index (χ3v) is 3.62. The first kappa shape index (κ1) is 13.9. The van der Waals surface area contributed by atoms with Crippen LogP contribution in [-0.4, -0.2) is 48.8 Å². The highest BCUT2D eigenvalue weighted by atomic mass is 16.3. The van der Waals surface area contributed by atoms with E-state index in [1.165, 1.54) is 32.4 Å². The fourth-order valence-corrected chi connectivity index (χ4v) is 2.43. The van der Waals surface area contributed by atoms with Crippen LogP contribution in [0.5, 0.6) is 0 Å². The number of aliphatic hydroxyl groups excluding tert-OH is 1. The molecule has 1 rings (SSSR count). The molecule has 1 heterocycles. The van der Waals surface area contributed by atoms with Crippen LogP contribution >= 0.6 is 0 Å². The molecule has 0 amide bonds. The molecule has 1 saturated heterocycles. The highest BCUT2D eigenvalue weighted by molar-refractivity contribution is 4.71. The van der Waals surface area contributed by atoms with Crippen molar-refractivity contribution in [1.29, 1.82) is 0 Å². The molecule has 3 heteroatoms. The lowest BCUT2D eigenvalue weighted by Gasteiger charge is -2.23. The van der Waals surface area contributed by atoms with E-state index in [0.29, 0.717) is 0 Å². The molecule has 0 aromatic rings. The largest absolute Gasteiger partial charge is 0.395 e. The van der Waals surface area contributed by atoms with Gasteiger partial charge in [0.15, 0.2) is 0 Å². The average molecular weight is 228 g/mol. The second kappa shape index (κ2) is 8.04. The maximum Gasteiger partial charge on any atom is 0.0585 e. The van der Waals surface area contributed by atoms with Gasteiger partial charge < -0.3 is 15.3 Å². The molecule has 3 nitrogen and oxygen atoms in total. The van der Waals surface area contributed by atoms with E-state index < -0.39 is 0 Å². The van der Waals surface area contributed by atoms with Gasteiger partial charge in [0.2, 0.25) is 0 Å². The smallest absolute Gasteiger partial charge is 0.0585 e. The SMILES string of the molecule is CCNC(CO)CCN1CCCC(C)CC1. The lowest BCUT2D eigenvalue weighted by atomic mass is 10.0. The minimum Gasteiger partial charge on any atom is -0.395 e. The molecule has 2 atom stereocenters. The Labute approximate surface area is 100 Å². The maximum atomic E-state index is 9.20. The molecule has 16 heavy (non-hydrogen) atoms. The van der Waals surface area contributed by atoms with Crippen LogP contribution in [0.1, 0.15) is 39.5 Å². The highest BCUT2D eigenvalue weighted by Crippen LogP contribution is 2.16. The minimum atomic E-state index is 0.262. The van der Waals surface area contributed by atoms with Gasteiger partial charge in [0.25, 0.3) is 0 Å². The summed E-state index contributed by atoms with van der Waals surface area (Å²) < 4.78 is 0. The van der Waals surface area contributed by atoms with Gasteiger partial charge in [-0.1, -0.05) is 13.8 Å². The van der Waals surface area contributed by atoms with E-state index in [0.717, 1.165) is 25.4 Å². The first-order valence-electron chi connectivity index (χ1n) is 6.82. The van der Waals surface area contributed by atoms with Crippen LogP contribution in [0, 0.1) is 5.92 Å². The quantitative estimate of drug-likeness (QED) is 0.722. The Morgan fingerprint density at radius 1 is 1.38 bits per heavy atom. The Hall–Kier alpha value is -0.120. The molecule has 96 valence electrons. The van der Waals surface area contributed by atoms with Crippen LogP contribution in [0.15, 0.2) is 0 Å². The van der Waals surface area contributed by atoms with Crippen molar-refractivity contribution in [3.05, 3.63) is 0 Å². The summed E-state index contributed by atoms with van der Waals surface area (Å²) in [6.45, 7) is 9.28. The molecular weight excluding hydrogens is 200 g/mol. The summed E-state index contributed by atoms with van der Waals surface area (Å²) in [5.74, 6) is 0.896. The first-order valence-corrected chi connectivity index (χ1v) is 6.82. The summed E-state index contributed by atoms with van der Waals surface area (Å²) in [6, 6.07) is 0.283. The average Bonchev–Trinajstić information content (AvgIpc) is 2.49. The number of aliphatic hydroxyl groups is 1. The second-order valence-corrected chi connectivity index (χ2v) is 5.10. The van der Waals surface area contributed by atoms with Gasteiger partial charge in [-0.15, -0.1) is 0 Å². The van der Waals surface area contributed by atoms with Gasteiger partial charge >= 0.3 is 0 Å². The maximum absolute atomic E-state index is 9.20. The standard InChI is InChI=1S/C13H28N2O/c1-3-14-13(11-16)7-10-15-8-4-5-12(2)6-9-15/h12-14,16H,3-11H2,1-2H3. The van der Waals surface area contributed by atoms with Crippen molar-refractivity contribution in [1.82, 2.24) is 10.2 Å². The molecule has 0 aromatic heterocycles. The third-order valence-electron chi connectivity index (χ3n) is 3.62. The summed E-state index contributed by atoms with van der Waals surface area (Å²) in [6.07, 6.45) is 5.13. The summed E-state index contributed by atoms with van der Waals surface area (Å²) >= 11 is 0. The minimum absolute atomic E-state index is 0.262. The first-order chi connectivity index (χ1) is 7.76. The number of hydrogen-bond donors (Lipinski definition) is 2. The molecular formula is C13H28N2O. The lowest BCUT2D eigenvalue weighted by Crippen LogP contribution is -2.37. The molecule has 2 unspecified atom stereocenters. The predicted molar refractivity (Wildman–Crippen MR) is 68.6 cm³/mol. The number of rotatable bonds is 6. The number of hydrogen-bond acceptors (Lipinski definition) is 3. The van der Waals surface area contributed by atoms with Crippen molar-refractivity contribution in [3.63, 3.8) is 0 Å². The van der Waals surface area contributed by atoms with Crippen LogP contribution in [0.3, 0.4) is 0 Å². The van der Waals surface area contributed by atoms with Gasteiger partial charge in [0, 0.05) is 6.04 Å². The Balaban J connectivity index is 2.20. The van der Waals surface area contributed by atoms with E-state index in [2.05, 4.69) is 24.1 Å². The monoisotopic (exact) mass is 228 g/mol. The summed E-state index contributed by atoms with van der Waals surface area (Å²) in [7, 11) is 0. The Kier molecular flexibility index (Phi) is 7.01. The van der Waals surface area contributed by atoms with Gasteiger partial charge in [-0.3, -0.25) is 0 Å². The van der Waals surface area contributed by atoms with Crippen LogP contribution in [0.2, 0.25) is 0 Å². The summed E-state index contributed by atoms with van der Waals surface area (Å²) in [5, 5.41) is 12.5. The molecule has 0 aliphatic carbocycles. The highest BCUT2D eigenvalue weighted by Gasteiger charge is 2.14. The van der Waals surface area contributed by atoms with Crippen LogP contribution < -0.4 is 5.32 Å². The Morgan fingerprint density at radius 2 is 2.19 bits per heavy atom. The van der Waals surface area contributed by atoms with E-state index >= 15 is 0 Å². The van der Waals surface area contributed by atoms with Crippen molar-refractivity contribution in [2.45, 2.75) is 45.6 Å². The van der Waals surface area contributed by atoms with Gasteiger partial charge in [-0.25, -0.2) is 0 Å². The van der Waals surface area contributed by atoms with E-state index in [-0.39, 0.29) is 12.6 Å². The molecule has 0 saturated carbocycles. The van der Waals surface area contributed by atoms with Gasteiger partial charge in [0.05, 0.1) is 6.61 Å². The zero-order valence-electron chi connectivity index (χ0n) is 10.9.